The van der Waals surface area contributed by atoms with Crippen molar-refractivity contribution in [2.75, 3.05) is 40.3 Å². The lowest BCUT2D eigenvalue weighted by Gasteiger charge is -2.24. The van der Waals surface area contributed by atoms with Crippen LogP contribution in [-0.2, 0) is 4.79 Å². The molecule has 1 N–H and O–H groups in total. The fourth-order valence-corrected chi connectivity index (χ4v) is 2.09. The van der Waals surface area contributed by atoms with Crippen molar-refractivity contribution < 1.29 is 4.79 Å². The Bertz CT molecular complexity index is 214. The van der Waals surface area contributed by atoms with Crippen molar-refractivity contribution in [3.8, 4) is 0 Å². The number of carbonyl (C=O) groups excluding carboxylic acids is 1. The van der Waals surface area contributed by atoms with E-state index < -0.39 is 0 Å². The third-order valence-electron chi connectivity index (χ3n) is 3.16. The lowest BCUT2D eigenvalue weighted by Crippen LogP contribution is -2.44. The van der Waals surface area contributed by atoms with E-state index in [2.05, 4.69) is 24.2 Å². The van der Waals surface area contributed by atoms with Crippen LogP contribution in [0.15, 0.2) is 0 Å². The van der Waals surface area contributed by atoms with Crippen molar-refractivity contribution >= 4 is 5.91 Å². The summed E-state index contributed by atoms with van der Waals surface area (Å²) >= 11 is 0. The molecule has 16 heavy (non-hydrogen) atoms. The zero-order chi connectivity index (χ0) is 12.0. The summed E-state index contributed by atoms with van der Waals surface area (Å²) in [6.45, 7) is 6.05. The first kappa shape index (κ1) is 13.5. The molecular weight excluding hydrogens is 202 g/mol. The lowest BCUT2D eigenvalue weighted by molar-refractivity contribution is -0.131. The van der Waals surface area contributed by atoms with Gasteiger partial charge < -0.3 is 15.1 Å². The van der Waals surface area contributed by atoms with Gasteiger partial charge in [-0.25, -0.2) is 0 Å². The fraction of sp³-hybridized carbons (Fsp3) is 0.917. The predicted molar refractivity (Wildman–Crippen MR) is 66.4 cm³/mol. The average molecular weight is 227 g/mol. The number of nitrogens with one attached hydrogen (secondary N) is 1. The van der Waals surface area contributed by atoms with Crippen LogP contribution >= 0.6 is 0 Å². The Morgan fingerprint density at radius 2 is 2.06 bits per heavy atom. The second kappa shape index (κ2) is 6.86. The highest BCUT2D eigenvalue weighted by Crippen LogP contribution is 2.07. The largest absolute Gasteiger partial charge is 0.343 e. The number of nitrogens with zero attached hydrogens (tertiary/aromatic N) is 2. The van der Waals surface area contributed by atoms with Gasteiger partial charge in [-0.15, -0.1) is 0 Å². The van der Waals surface area contributed by atoms with Crippen LogP contribution in [0.2, 0.25) is 0 Å². The van der Waals surface area contributed by atoms with E-state index in [1.165, 1.54) is 6.42 Å². The van der Waals surface area contributed by atoms with Crippen LogP contribution in [0.5, 0.6) is 0 Å². The van der Waals surface area contributed by atoms with Gasteiger partial charge in [0.1, 0.15) is 0 Å². The zero-order valence-corrected chi connectivity index (χ0v) is 10.8. The summed E-state index contributed by atoms with van der Waals surface area (Å²) in [5, 5.41) is 3.25. The van der Waals surface area contributed by atoms with E-state index in [0.29, 0.717) is 0 Å². The molecule has 1 aliphatic rings. The first-order valence-electron chi connectivity index (χ1n) is 6.32. The predicted octanol–water partition coefficient (Wildman–Crippen LogP) is 0.539. The summed E-state index contributed by atoms with van der Waals surface area (Å²) < 4.78 is 0. The van der Waals surface area contributed by atoms with Gasteiger partial charge in [0.2, 0.25) is 5.91 Å². The highest BCUT2D eigenvalue weighted by molar-refractivity contribution is 5.81. The third kappa shape index (κ3) is 4.10. The molecule has 0 saturated carbocycles. The number of hydrogen-bond acceptors (Lipinski definition) is 3. The Balaban J connectivity index is 2.22. The fourth-order valence-electron chi connectivity index (χ4n) is 2.09. The van der Waals surface area contributed by atoms with Crippen LogP contribution in [0.3, 0.4) is 0 Å². The van der Waals surface area contributed by atoms with Gasteiger partial charge in [-0.05, 0) is 39.4 Å². The van der Waals surface area contributed by atoms with Crippen molar-refractivity contribution in [1.82, 2.24) is 15.1 Å². The number of likely N-dealkylation sites (N-methyl/N-ethyl adjacent to an activating group) is 2. The Labute approximate surface area is 99.0 Å². The molecule has 0 spiro atoms. The first-order valence-corrected chi connectivity index (χ1v) is 6.32. The Kier molecular flexibility index (Phi) is 5.77. The molecule has 1 unspecified atom stereocenters. The smallest absolute Gasteiger partial charge is 0.239 e. The molecule has 0 radical (unpaired) electrons. The quantitative estimate of drug-likeness (QED) is 0.719. The number of rotatable bonds is 6. The third-order valence-corrected chi connectivity index (χ3v) is 3.16. The molecule has 1 atom stereocenters. The van der Waals surface area contributed by atoms with Crippen LogP contribution in [-0.4, -0.2) is 62.0 Å². The normalized spacial score (nSPS) is 20.4. The molecular formula is C12H25N3O. The van der Waals surface area contributed by atoms with Crippen LogP contribution < -0.4 is 5.32 Å². The molecule has 0 aromatic heterocycles. The molecule has 1 fully saturated rings. The standard InChI is InChI=1S/C12H25N3O/c1-4-8-14(2)9-10-15(3)12(16)11-6-5-7-13-11/h11,13H,4-10H2,1-3H3. The van der Waals surface area contributed by atoms with Gasteiger partial charge in [0.05, 0.1) is 6.04 Å². The summed E-state index contributed by atoms with van der Waals surface area (Å²) in [6, 6.07) is 0.0708. The van der Waals surface area contributed by atoms with Gasteiger partial charge in [-0.1, -0.05) is 6.92 Å². The van der Waals surface area contributed by atoms with Crippen LogP contribution in [0.1, 0.15) is 26.2 Å². The maximum absolute atomic E-state index is 12.0. The molecule has 4 heteroatoms. The van der Waals surface area contributed by atoms with E-state index in [9.17, 15) is 4.79 Å². The summed E-state index contributed by atoms with van der Waals surface area (Å²) in [7, 11) is 4.01. The van der Waals surface area contributed by atoms with Gasteiger partial charge >= 0.3 is 0 Å². The lowest BCUT2D eigenvalue weighted by atomic mass is 10.2. The minimum Gasteiger partial charge on any atom is -0.343 e. The zero-order valence-electron chi connectivity index (χ0n) is 10.8. The van der Waals surface area contributed by atoms with Gasteiger partial charge in [-0.3, -0.25) is 4.79 Å². The molecule has 4 nitrogen and oxygen atoms in total. The topological polar surface area (TPSA) is 35.6 Å². The second-order valence-corrected chi connectivity index (χ2v) is 4.71. The van der Waals surface area contributed by atoms with Gasteiger partial charge in [-0.2, -0.15) is 0 Å². The van der Waals surface area contributed by atoms with Gasteiger partial charge in [0.25, 0.3) is 0 Å². The van der Waals surface area contributed by atoms with E-state index in [1.807, 2.05) is 11.9 Å². The van der Waals surface area contributed by atoms with E-state index >= 15 is 0 Å². The summed E-state index contributed by atoms with van der Waals surface area (Å²) in [4.78, 5) is 16.1. The molecule has 0 aromatic carbocycles. The summed E-state index contributed by atoms with van der Waals surface area (Å²) in [6.07, 6.45) is 3.28. The Morgan fingerprint density at radius 1 is 1.31 bits per heavy atom. The highest BCUT2D eigenvalue weighted by atomic mass is 16.2. The monoisotopic (exact) mass is 227 g/mol. The molecule has 1 heterocycles. The molecule has 1 aliphatic heterocycles. The number of hydrogen-bond donors (Lipinski definition) is 1. The van der Waals surface area contributed by atoms with Crippen LogP contribution in [0, 0.1) is 0 Å². The Hall–Kier alpha value is -0.610. The van der Waals surface area contributed by atoms with Crippen LogP contribution in [0.25, 0.3) is 0 Å². The van der Waals surface area contributed by atoms with E-state index in [-0.39, 0.29) is 11.9 Å². The molecule has 94 valence electrons. The van der Waals surface area contributed by atoms with Gasteiger partial charge in [0.15, 0.2) is 0 Å². The van der Waals surface area contributed by atoms with Crippen molar-refractivity contribution in [3.63, 3.8) is 0 Å². The second-order valence-electron chi connectivity index (χ2n) is 4.71. The average Bonchev–Trinajstić information content (AvgIpc) is 2.78. The summed E-state index contributed by atoms with van der Waals surface area (Å²) in [5.41, 5.74) is 0. The van der Waals surface area contributed by atoms with Crippen molar-refractivity contribution in [2.24, 2.45) is 0 Å². The first-order chi connectivity index (χ1) is 7.65. The molecule has 1 amide bonds. The number of amides is 1. The summed E-state index contributed by atoms with van der Waals surface area (Å²) in [5.74, 6) is 0.252. The molecule has 1 saturated heterocycles. The maximum Gasteiger partial charge on any atom is 0.239 e. The minimum atomic E-state index is 0.0708. The van der Waals surface area contributed by atoms with Crippen molar-refractivity contribution in [1.29, 1.82) is 0 Å². The van der Waals surface area contributed by atoms with E-state index in [4.69, 9.17) is 0 Å². The van der Waals surface area contributed by atoms with E-state index in [0.717, 1.165) is 39.0 Å². The SMILES string of the molecule is CCCN(C)CCN(C)C(=O)C1CCCN1. The molecule has 0 aliphatic carbocycles. The van der Waals surface area contributed by atoms with E-state index in [1.54, 1.807) is 0 Å². The molecule has 1 rings (SSSR count). The van der Waals surface area contributed by atoms with Crippen molar-refractivity contribution in [3.05, 3.63) is 0 Å². The van der Waals surface area contributed by atoms with Crippen LogP contribution in [0.4, 0.5) is 0 Å². The molecule has 0 aromatic rings. The van der Waals surface area contributed by atoms with Gasteiger partial charge in [0, 0.05) is 20.1 Å². The number of carbonyl (C=O) groups is 1. The Morgan fingerprint density at radius 3 is 2.62 bits per heavy atom. The van der Waals surface area contributed by atoms with Crippen molar-refractivity contribution in [2.45, 2.75) is 32.2 Å². The molecule has 0 bridgehead atoms. The minimum absolute atomic E-state index is 0.0708. The highest BCUT2D eigenvalue weighted by Gasteiger charge is 2.24. The maximum atomic E-state index is 12.0.